The molecule has 4 saturated heterocycles. The summed E-state index contributed by atoms with van der Waals surface area (Å²) in [6.45, 7) is 5.78. The van der Waals surface area contributed by atoms with E-state index in [0.717, 1.165) is 25.9 Å². The van der Waals surface area contributed by atoms with Crippen molar-refractivity contribution >= 4 is 7.82 Å². The predicted octanol–water partition coefficient (Wildman–Crippen LogP) is 1.70. The third kappa shape index (κ3) is 0.836. The Hall–Kier alpha value is 0.0700. The number of phosphoric ester groups is 1. The Bertz CT molecular complexity index is 323. The molecule has 4 aliphatic rings. The van der Waals surface area contributed by atoms with Crippen molar-refractivity contribution in [2.45, 2.75) is 38.2 Å². The van der Waals surface area contributed by atoms with Gasteiger partial charge in [-0.1, -0.05) is 6.92 Å². The Morgan fingerprint density at radius 3 is 2.79 bits per heavy atom. The Balaban J connectivity index is 1.94. The van der Waals surface area contributed by atoms with Crippen LogP contribution in [0.5, 0.6) is 0 Å². The Morgan fingerprint density at radius 1 is 1.43 bits per heavy atom. The molecule has 0 radical (unpaired) electrons. The molecular weight excluding hydrogens is 205 g/mol. The molecule has 6 heteroatoms. The molecule has 14 heavy (non-hydrogen) atoms. The summed E-state index contributed by atoms with van der Waals surface area (Å²) >= 11 is 0. The second-order valence-electron chi connectivity index (χ2n) is 4.27. The summed E-state index contributed by atoms with van der Waals surface area (Å²) in [7, 11) is -3.15. The second kappa shape index (κ2) is 2.42. The number of hydrogen-bond donors (Lipinski definition) is 0. The van der Waals surface area contributed by atoms with Crippen molar-refractivity contribution < 1.29 is 18.1 Å². The number of likely N-dealkylation sites (tertiary alicyclic amines) is 1. The van der Waals surface area contributed by atoms with Crippen LogP contribution in [0, 0.1) is 0 Å². The van der Waals surface area contributed by atoms with Gasteiger partial charge in [0.1, 0.15) is 5.60 Å². The minimum absolute atomic E-state index is 0.530. The maximum absolute atomic E-state index is 11.5. The molecule has 1 unspecified atom stereocenters. The van der Waals surface area contributed by atoms with Gasteiger partial charge in [-0.15, -0.1) is 0 Å². The first-order chi connectivity index (χ1) is 6.54. The molecule has 2 bridgehead atoms. The number of nitrogens with zero attached hydrogens (tertiary/aromatic N) is 1. The van der Waals surface area contributed by atoms with Crippen LogP contribution >= 0.6 is 7.82 Å². The zero-order chi connectivity index (χ0) is 10.0. The molecule has 0 aromatic carbocycles. The van der Waals surface area contributed by atoms with Gasteiger partial charge in [-0.3, -0.25) is 4.52 Å². The van der Waals surface area contributed by atoms with Crippen molar-refractivity contribution in [1.29, 1.82) is 0 Å². The van der Waals surface area contributed by atoms with Gasteiger partial charge >= 0.3 is 7.82 Å². The molecule has 1 atom stereocenters. The zero-order valence-electron chi connectivity index (χ0n) is 8.36. The molecule has 0 aromatic rings. The fourth-order valence-corrected chi connectivity index (χ4v) is 4.53. The highest BCUT2D eigenvalue weighted by Gasteiger charge is 2.81. The van der Waals surface area contributed by atoms with Gasteiger partial charge in [0.2, 0.25) is 0 Å². The molecule has 0 aliphatic carbocycles. The fourth-order valence-electron chi connectivity index (χ4n) is 2.52. The van der Waals surface area contributed by atoms with Crippen LogP contribution in [-0.4, -0.2) is 29.5 Å². The maximum Gasteiger partial charge on any atom is 0.483 e. The predicted molar refractivity (Wildman–Crippen MR) is 48.5 cm³/mol. The molecule has 0 N–H and O–H groups in total. The van der Waals surface area contributed by atoms with Crippen LogP contribution < -0.4 is 0 Å². The van der Waals surface area contributed by atoms with Crippen LogP contribution in [0.15, 0.2) is 0 Å². The van der Waals surface area contributed by atoms with Gasteiger partial charge in [-0.2, -0.15) is 0 Å². The minimum Gasteiger partial charge on any atom is -0.273 e. The van der Waals surface area contributed by atoms with Crippen LogP contribution in [0.4, 0.5) is 0 Å². The van der Waals surface area contributed by atoms with Crippen LogP contribution in [0.1, 0.15) is 26.7 Å². The molecular formula is C8H14NO4P. The van der Waals surface area contributed by atoms with E-state index in [1.54, 1.807) is 0 Å². The van der Waals surface area contributed by atoms with E-state index in [4.69, 9.17) is 13.6 Å². The van der Waals surface area contributed by atoms with Gasteiger partial charge in [-0.05, 0) is 19.8 Å². The summed E-state index contributed by atoms with van der Waals surface area (Å²) in [5.41, 5.74) is -0.530. The van der Waals surface area contributed by atoms with Crippen molar-refractivity contribution in [2.75, 3.05) is 13.1 Å². The lowest BCUT2D eigenvalue weighted by molar-refractivity contribution is -0.274. The topological polar surface area (TPSA) is 48.0 Å². The standard InChI is InChI=1S/C8H14NO4P/c1-3-5-9-6-4-7(2)8(9)12-14(10,11-7)13-8/h3-6H2,1-2H3. The molecule has 0 amide bonds. The van der Waals surface area contributed by atoms with E-state index in [1.807, 2.05) is 6.92 Å². The van der Waals surface area contributed by atoms with Gasteiger partial charge in [-0.25, -0.2) is 18.5 Å². The lowest BCUT2D eigenvalue weighted by Crippen LogP contribution is -2.57. The molecule has 0 aromatic heterocycles. The molecule has 0 saturated carbocycles. The highest BCUT2D eigenvalue weighted by atomic mass is 31.2. The Morgan fingerprint density at radius 2 is 2.14 bits per heavy atom. The van der Waals surface area contributed by atoms with E-state index in [-0.39, 0.29) is 0 Å². The van der Waals surface area contributed by atoms with E-state index in [0.29, 0.717) is 0 Å². The van der Waals surface area contributed by atoms with Crippen molar-refractivity contribution in [3.05, 3.63) is 0 Å². The Kier molecular flexibility index (Phi) is 1.61. The van der Waals surface area contributed by atoms with Crippen LogP contribution in [0.25, 0.3) is 0 Å². The lowest BCUT2D eigenvalue weighted by Gasteiger charge is -2.41. The van der Waals surface area contributed by atoms with Crippen LogP contribution in [0.2, 0.25) is 0 Å². The van der Waals surface area contributed by atoms with Gasteiger partial charge in [0, 0.05) is 13.1 Å². The van der Waals surface area contributed by atoms with E-state index < -0.39 is 19.3 Å². The summed E-state index contributed by atoms with van der Waals surface area (Å²) in [5.74, 6) is -0.835. The van der Waals surface area contributed by atoms with E-state index in [9.17, 15) is 4.57 Å². The van der Waals surface area contributed by atoms with Gasteiger partial charge in [0.25, 0.3) is 5.91 Å². The average Bonchev–Trinajstić information content (AvgIpc) is 2.49. The van der Waals surface area contributed by atoms with Gasteiger partial charge in [0.15, 0.2) is 0 Å². The third-order valence-corrected chi connectivity index (χ3v) is 4.79. The SMILES string of the molecule is CCCN1CCC2(C)OP3(=O)OC12O3. The van der Waals surface area contributed by atoms with E-state index in [2.05, 4.69) is 11.8 Å². The maximum atomic E-state index is 11.5. The third-order valence-electron chi connectivity index (χ3n) is 3.22. The molecule has 4 heterocycles. The lowest BCUT2D eigenvalue weighted by atomic mass is 10.0. The summed E-state index contributed by atoms with van der Waals surface area (Å²) in [5, 5.41) is 0. The van der Waals surface area contributed by atoms with Crippen molar-refractivity contribution in [3.63, 3.8) is 0 Å². The smallest absolute Gasteiger partial charge is 0.273 e. The molecule has 4 rings (SSSR count). The first kappa shape index (κ1) is 9.31. The fraction of sp³-hybridized carbons (Fsp3) is 1.00. The largest absolute Gasteiger partial charge is 0.483 e. The average molecular weight is 219 g/mol. The zero-order valence-corrected chi connectivity index (χ0v) is 9.25. The van der Waals surface area contributed by atoms with Gasteiger partial charge in [0.05, 0.1) is 0 Å². The van der Waals surface area contributed by atoms with Gasteiger partial charge < -0.3 is 0 Å². The molecule has 80 valence electrons. The van der Waals surface area contributed by atoms with E-state index in [1.165, 1.54) is 0 Å². The molecule has 5 nitrogen and oxygen atoms in total. The monoisotopic (exact) mass is 219 g/mol. The number of phosphoric acid groups is 1. The van der Waals surface area contributed by atoms with Crippen molar-refractivity contribution in [1.82, 2.24) is 4.90 Å². The summed E-state index contributed by atoms with van der Waals surface area (Å²) < 4.78 is 27.6. The second-order valence-corrected chi connectivity index (χ2v) is 5.71. The molecule has 1 spiro atoms. The number of hydrogen-bond acceptors (Lipinski definition) is 5. The van der Waals surface area contributed by atoms with Crippen LogP contribution in [0.3, 0.4) is 0 Å². The summed E-state index contributed by atoms with van der Waals surface area (Å²) in [6.07, 6.45) is 1.84. The molecule has 4 aliphatic heterocycles. The normalized spacial score (nSPS) is 55.9. The van der Waals surface area contributed by atoms with Crippen LogP contribution in [-0.2, 0) is 18.1 Å². The molecule has 4 fully saturated rings. The highest BCUT2D eigenvalue weighted by Crippen LogP contribution is 2.80. The summed E-state index contributed by atoms with van der Waals surface area (Å²) in [6, 6.07) is 0. The first-order valence-corrected chi connectivity index (χ1v) is 6.47. The van der Waals surface area contributed by atoms with Crippen molar-refractivity contribution in [2.24, 2.45) is 0 Å². The highest BCUT2D eigenvalue weighted by molar-refractivity contribution is 7.50. The van der Waals surface area contributed by atoms with Crippen molar-refractivity contribution in [3.8, 4) is 0 Å². The first-order valence-electron chi connectivity index (χ1n) is 5.01. The Labute approximate surface area is 82.9 Å². The number of rotatable bonds is 2. The minimum atomic E-state index is -3.15. The van der Waals surface area contributed by atoms with E-state index >= 15 is 0 Å². The quantitative estimate of drug-likeness (QED) is 0.661. The summed E-state index contributed by atoms with van der Waals surface area (Å²) in [4.78, 5) is 2.08.